The van der Waals surface area contributed by atoms with Gasteiger partial charge in [0.1, 0.15) is 0 Å². The summed E-state index contributed by atoms with van der Waals surface area (Å²) in [5, 5.41) is 0. The minimum absolute atomic E-state index is 1.17. The molecule has 0 aromatic carbocycles. The normalized spacial score (nSPS) is 6.50. The van der Waals surface area contributed by atoms with Crippen molar-refractivity contribution in [1.82, 2.24) is 0 Å². The van der Waals surface area contributed by atoms with E-state index >= 15 is 0 Å². The fourth-order valence-corrected chi connectivity index (χ4v) is 0. The Morgan fingerprint density at radius 1 is 1.50 bits per heavy atom. The van der Waals surface area contributed by atoms with Gasteiger partial charge >= 0.3 is 0 Å². The predicted octanol–water partition coefficient (Wildman–Crippen LogP) is 1.58. The summed E-state index contributed by atoms with van der Waals surface area (Å²) < 4.78 is 0. The van der Waals surface area contributed by atoms with Gasteiger partial charge in [0.2, 0.25) is 0 Å². The van der Waals surface area contributed by atoms with Crippen LogP contribution >= 0.6 is 0 Å². The number of rotatable bonds is 0. The van der Waals surface area contributed by atoms with E-state index in [0.29, 0.717) is 0 Å². The first-order valence-electron chi connectivity index (χ1n) is 1.35. The van der Waals surface area contributed by atoms with Crippen molar-refractivity contribution in [2.45, 2.75) is 13.8 Å². The van der Waals surface area contributed by atoms with Gasteiger partial charge in [-0.25, -0.2) is 0 Å². The first-order valence-corrected chi connectivity index (χ1v) is 1.35. The molecule has 4 heavy (non-hydrogen) atoms. The fourth-order valence-electron chi connectivity index (χ4n) is 0. The van der Waals surface area contributed by atoms with Crippen LogP contribution in [0, 0.1) is 0 Å². The minimum Gasteiger partial charge on any atom is -0.100 e. The van der Waals surface area contributed by atoms with Crippen molar-refractivity contribution in [2.75, 3.05) is 0 Å². The molecule has 0 saturated heterocycles. The number of hydrogen-bond donors (Lipinski definition) is 0. The molecule has 24 valence electrons. The second-order valence-electron chi connectivity index (χ2n) is 1.21. The smallest absolute Gasteiger partial charge is 0.0445 e. The lowest BCUT2D eigenvalue weighted by atomic mass is 10.5. The van der Waals surface area contributed by atoms with E-state index in [1.165, 1.54) is 5.57 Å². The van der Waals surface area contributed by atoms with Crippen molar-refractivity contribution < 1.29 is 0 Å². The second-order valence-corrected chi connectivity index (χ2v) is 1.21. The van der Waals surface area contributed by atoms with Gasteiger partial charge in [0.05, 0.1) is 0 Å². The lowest BCUT2D eigenvalue weighted by Gasteiger charge is -1.65. The zero-order chi connectivity index (χ0) is 3.58. The van der Waals surface area contributed by atoms with E-state index < -0.39 is 0 Å². The van der Waals surface area contributed by atoms with Crippen LogP contribution in [-0.2, 0) is 0 Å². The van der Waals surface area contributed by atoms with Crippen molar-refractivity contribution >= 4 is 0 Å². The van der Waals surface area contributed by atoms with Gasteiger partial charge in [0.15, 0.2) is 0 Å². The third kappa shape index (κ3) is 14.1. The molecule has 0 heterocycles. The minimum atomic E-state index is 1.17. The van der Waals surface area contributed by atoms with Crippen molar-refractivity contribution in [1.29, 1.82) is 0 Å². The summed E-state index contributed by atoms with van der Waals surface area (Å²) in [5.74, 6) is 0. The summed E-state index contributed by atoms with van der Waals surface area (Å²) in [6.07, 6.45) is 0. The van der Waals surface area contributed by atoms with Crippen LogP contribution in [-0.4, -0.2) is 0 Å². The summed E-state index contributed by atoms with van der Waals surface area (Å²) in [5.41, 5.74) is 1.17. The zero-order valence-corrected chi connectivity index (χ0v) is 3.21. The van der Waals surface area contributed by atoms with E-state index in [1.54, 1.807) is 0 Å². The van der Waals surface area contributed by atoms with Gasteiger partial charge in [0, 0.05) is 0 Å². The number of hydrogen-bond acceptors (Lipinski definition) is 0. The van der Waals surface area contributed by atoms with Gasteiger partial charge in [-0.1, -0.05) is 5.57 Å². The molecule has 0 nitrogen and oxygen atoms in total. The molecule has 0 N–H and O–H groups in total. The molecule has 0 radical (unpaired) electrons. The van der Waals surface area contributed by atoms with Crippen LogP contribution < -0.4 is 0 Å². The molecule has 0 aliphatic heterocycles. The van der Waals surface area contributed by atoms with Crippen LogP contribution in [0.5, 0.6) is 0 Å². The van der Waals surface area contributed by atoms with E-state index in [9.17, 15) is 0 Å². The molecule has 0 aliphatic carbocycles. The van der Waals surface area contributed by atoms with Crippen LogP contribution in [0.1, 0.15) is 13.8 Å². The summed E-state index contributed by atoms with van der Waals surface area (Å²) in [6, 6.07) is 0. The molecule has 0 unspecified atom stereocenters. The average Bonchev–Trinajstić information content (AvgIpc) is 0.811. The van der Waals surface area contributed by atoms with Crippen LogP contribution in [0.15, 0.2) is 12.2 Å². The Bertz CT molecular complexity index is 23.0. The molecule has 0 aromatic heterocycles. The monoisotopic (exact) mass is 58.1 g/mol. The average molecular weight is 58.1 g/mol. The molecule has 0 rings (SSSR count). The molecule has 0 atom stereocenters. The maximum Gasteiger partial charge on any atom is -0.0445 e. The molecule has 0 bridgehead atoms. The molecule has 0 spiro atoms. The SMILES string of the molecule is CC(C)=[14CH2]. The molecule has 0 amide bonds. The standard InChI is InChI=1S/C4H8/c1-4(2)3/h1H2,2-3H3/i1+2. The highest BCUT2D eigenvalue weighted by Gasteiger charge is 1.51. The van der Waals surface area contributed by atoms with E-state index in [-0.39, 0.29) is 0 Å². The highest BCUT2D eigenvalue weighted by Crippen LogP contribution is 1.73. The third-order valence-corrected chi connectivity index (χ3v) is 0. The molecule has 0 fully saturated rings. The zero-order valence-electron chi connectivity index (χ0n) is 3.21. The van der Waals surface area contributed by atoms with E-state index in [2.05, 4.69) is 6.58 Å². The predicted molar refractivity (Wildman–Crippen MR) is 20.5 cm³/mol. The maximum atomic E-state index is 3.56. The van der Waals surface area contributed by atoms with Crippen molar-refractivity contribution in [3.8, 4) is 0 Å². The Balaban J connectivity index is 2.80. The lowest BCUT2D eigenvalue weighted by Crippen LogP contribution is -1.43. The van der Waals surface area contributed by atoms with E-state index in [0.717, 1.165) is 0 Å². The van der Waals surface area contributed by atoms with E-state index in [1.807, 2.05) is 13.8 Å². The van der Waals surface area contributed by atoms with Crippen LogP contribution in [0.3, 0.4) is 0 Å². The Labute approximate surface area is 27.1 Å². The summed E-state index contributed by atoms with van der Waals surface area (Å²) >= 11 is 0. The topological polar surface area (TPSA) is 0 Å². The van der Waals surface area contributed by atoms with Gasteiger partial charge < -0.3 is 0 Å². The molecule has 0 saturated carbocycles. The Morgan fingerprint density at radius 3 is 1.50 bits per heavy atom. The summed E-state index contributed by atoms with van der Waals surface area (Å²) in [6.45, 7) is 7.50. The van der Waals surface area contributed by atoms with Gasteiger partial charge in [-0.05, 0) is 13.8 Å². The van der Waals surface area contributed by atoms with Gasteiger partial charge in [-0.3, -0.25) is 0 Å². The Hall–Kier alpha value is -0.260. The number of allylic oxidation sites excluding steroid dienone is 1. The molecule has 0 aliphatic rings. The second kappa shape index (κ2) is 1.10. The highest BCUT2D eigenvalue weighted by molar-refractivity contribution is 4.78. The fraction of sp³-hybridized carbons (Fsp3) is 0.500. The summed E-state index contributed by atoms with van der Waals surface area (Å²) in [7, 11) is 0. The Morgan fingerprint density at radius 2 is 1.50 bits per heavy atom. The van der Waals surface area contributed by atoms with Crippen LogP contribution in [0.25, 0.3) is 0 Å². The molecule has 0 heteroatoms. The largest absolute Gasteiger partial charge is 0.100 e. The van der Waals surface area contributed by atoms with Crippen molar-refractivity contribution in [2.24, 2.45) is 0 Å². The van der Waals surface area contributed by atoms with E-state index in [4.69, 9.17) is 0 Å². The first-order chi connectivity index (χ1) is 1.73. The maximum absolute atomic E-state index is 3.56. The van der Waals surface area contributed by atoms with Gasteiger partial charge in [-0.15, -0.1) is 6.58 Å². The third-order valence-electron chi connectivity index (χ3n) is 0. The van der Waals surface area contributed by atoms with Crippen LogP contribution in [0.2, 0.25) is 0 Å². The van der Waals surface area contributed by atoms with Crippen molar-refractivity contribution in [3.05, 3.63) is 12.2 Å². The quantitative estimate of drug-likeness (QED) is 0.371. The molecule has 0 aromatic rings. The summed E-state index contributed by atoms with van der Waals surface area (Å²) in [4.78, 5) is 0. The Kier molecular flexibility index (Phi) is 1.03. The highest BCUT2D eigenvalue weighted by atomic mass is 14.3. The molecular weight excluding hydrogens is 50.0 g/mol. The van der Waals surface area contributed by atoms with Gasteiger partial charge in [-0.2, -0.15) is 0 Å². The molecular formula is C4H8. The lowest BCUT2D eigenvalue weighted by molar-refractivity contribution is 1.42. The van der Waals surface area contributed by atoms with Crippen LogP contribution in [0.4, 0.5) is 0 Å². The van der Waals surface area contributed by atoms with Gasteiger partial charge in [0.25, 0.3) is 0 Å². The first kappa shape index (κ1) is 3.74. The van der Waals surface area contributed by atoms with Crippen molar-refractivity contribution in [3.63, 3.8) is 0 Å².